The second-order valence-corrected chi connectivity index (χ2v) is 7.16. The Kier molecular flexibility index (Phi) is 4.70. The number of aryl methyl sites for hydroxylation is 1. The summed E-state index contributed by atoms with van der Waals surface area (Å²) in [6, 6.07) is 7.09. The number of carboxylic acid groups (broad SMARTS) is 1. The van der Waals surface area contributed by atoms with Gasteiger partial charge in [-0.1, -0.05) is 17.7 Å². The molecule has 2 aliphatic rings. The fraction of sp³-hybridized carbons (Fsp3) is 0.450. The van der Waals surface area contributed by atoms with Crippen molar-refractivity contribution in [2.45, 2.75) is 38.6 Å². The second kappa shape index (κ2) is 7.15. The lowest BCUT2D eigenvalue weighted by molar-refractivity contribution is -0.147. The minimum atomic E-state index is -1.05. The average molecular weight is 369 g/mol. The van der Waals surface area contributed by atoms with Gasteiger partial charge in [-0.15, -0.1) is 0 Å². The third-order valence-electron chi connectivity index (χ3n) is 5.34. The van der Waals surface area contributed by atoms with Crippen molar-refractivity contribution in [1.29, 1.82) is 0 Å². The van der Waals surface area contributed by atoms with Crippen molar-refractivity contribution in [2.24, 2.45) is 0 Å². The summed E-state index contributed by atoms with van der Waals surface area (Å²) in [6.07, 6.45) is 3.74. The highest BCUT2D eigenvalue weighted by Crippen LogP contribution is 2.28. The number of hydrogen-bond donors (Lipinski definition) is 1. The number of morpholine rings is 1. The van der Waals surface area contributed by atoms with E-state index in [1.807, 2.05) is 35.9 Å². The maximum absolute atomic E-state index is 13.2. The molecule has 1 atom stereocenters. The lowest BCUT2D eigenvalue weighted by Gasteiger charge is -2.32. The zero-order chi connectivity index (χ0) is 19.0. The molecule has 0 saturated carbocycles. The molecule has 0 bridgehead atoms. The van der Waals surface area contributed by atoms with E-state index in [2.05, 4.69) is 5.10 Å². The molecule has 4 rings (SSSR count). The molecule has 142 valence electrons. The number of carbonyl (C=O) groups excluding carboxylic acids is 1. The normalized spacial score (nSPS) is 19.6. The van der Waals surface area contributed by atoms with Crippen molar-refractivity contribution in [3.63, 3.8) is 0 Å². The standard InChI is InChI=1S/C20H23N3O4/c1-13-6-8-14(9-7-13)23-16-5-3-2-4-15(16)18(21-23)19(24)22-10-11-27-12-17(22)20(25)26/h6-9,17H,2-5,10-12H2,1H3,(H,25,26). The molecule has 1 aliphatic carbocycles. The molecular weight excluding hydrogens is 346 g/mol. The Hall–Kier alpha value is -2.67. The molecule has 1 amide bonds. The third-order valence-corrected chi connectivity index (χ3v) is 5.34. The van der Waals surface area contributed by atoms with Gasteiger partial charge in [-0.05, 0) is 44.7 Å². The zero-order valence-electron chi connectivity index (χ0n) is 15.4. The predicted octanol–water partition coefficient (Wildman–Crippen LogP) is 1.99. The number of ether oxygens (including phenoxy) is 1. The lowest BCUT2D eigenvalue weighted by atomic mass is 9.95. The average Bonchev–Trinajstić information content (AvgIpc) is 3.08. The molecule has 0 radical (unpaired) electrons. The first-order chi connectivity index (χ1) is 13.1. The van der Waals surface area contributed by atoms with E-state index < -0.39 is 12.0 Å². The van der Waals surface area contributed by atoms with Crippen LogP contribution in [0.1, 0.15) is 40.2 Å². The first-order valence-corrected chi connectivity index (χ1v) is 9.35. The Balaban J connectivity index is 1.75. The number of aromatic nitrogens is 2. The SMILES string of the molecule is Cc1ccc(-n2nc(C(=O)N3CCOCC3C(=O)O)c3c2CCCC3)cc1. The predicted molar refractivity (Wildman–Crippen MR) is 98.2 cm³/mol. The van der Waals surface area contributed by atoms with Crippen LogP contribution >= 0.6 is 0 Å². The zero-order valence-corrected chi connectivity index (χ0v) is 15.4. The minimum absolute atomic E-state index is 0.0158. The van der Waals surface area contributed by atoms with E-state index in [1.54, 1.807) is 0 Å². The Morgan fingerprint density at radius 1 is 1.19 bits per heavy atom. The van der Waals surface area contributed by atoms with Crippen molar-refractivity contribution in [3.05, 3.63) is 46.8 Å². The topological polar surface area (TPSA) is 84.7 Å². The molecule has 7 heteroatoms. The summed E-state index contributed by atoms with van der Waals surface area (Å²) < 4.78 is 7.12. The van der Waals surface area contributed by atoms with E-state index in [-0.39, 0.29) is 19.1 Å². The summed E-state index contributed by atoms with van der Waals surface area (Å²) in [7, 11) is 0. The van der Waals surface area contributed by atoms with E-state index in [1.165, 1.54) is 4.90 Å². The number of rotatable bonds is 3. The van der Waals surface area contributed by atoms with Crippen LogP contribution in [-0.2, 0) is 22.4 Å². The van der Waals surface area contributed by atoms with E-state index in [4.69, 9.17) is 4.74 Å². The molecule has 1 aliphatic heterocycles. The second-order valence-electron chi connectivity index (χ2n) is 7.16. The molecule has 7 nitrogen and oxygen atoms in total. The minimum Gasteiger partial charge on any atom is -0.480 e. The molecule has 2 aromatic rings. The van der Waals surface area contributed by atoms with Gasteiger partial charge in [0.2, 0.25) is 0 Å². The summed E-state index contributed by atoms with van der Waals surface area (Å²) in [6.45, 7) is 2.65. The molecule has 1 aromatic heterocycles. The molecule has 1 fully saturated rings. The van der Waals surface area contributed by atoms with E-state index in [0.29, 0.717) is 12.3 Å². The number of hydrogen-bond acceptors (Lipinski definition) is 4. The van der Waals surface area contributed by atoms with Crippen molar-refractivity contribution < 1.29 is 19.4 Å². The molecule has 1 unspecified atom stereocenters. The fourth-order valence-electron chi connectivity index (χ4n) is 3.86. The van der Waals surface area contributed by atoms with Crippen LogP contribution in [0.15, 0.2) is 24.3 Å². The molecule has 1 saturated heterocycles. The van der Waals surface area contributed by atoms with Gasteiger partial charge in [0.15, 0.2) is 11.7 Å². The Morgan fingerprint density at radius 2 is 1.93 bits per heavy atom. The van der Waals surface area contributed by atoms with E-state index in [9.17, 15) is 14.7 Å². The highest BCUT2D eigenvalue weighted by molar-refractivity contribution is 5.96. The van der Waals surface area contributed by atoms with Crippen molar-refractivity contribution in [2.75, 3.05) is 19.8 Å². The van der Waals surface area contributed by atoms with Crippen LogP contribution in [0.5, 0.6) is 0 Å². The Bertz CT molecular complexity index is 872. The van der Waals surface area contributed by atoms with Gasteiger partial charge in [0, 0.05) is 17.8 Å². The number of benzene rings is 1. The largest absolute Gasteiger partial charge is 0.480 e. The number of carbonyl (C=O) groups is 2. The smallest absolute Gasteiger partial charge is 0.328 e. The van der Waals surface area contributed by atoms with Crippen LogP contribution in [-0.4, -0.2) is 57.5 Å². The van der Waals surface area contributed by atoms with Gasteiger partial charge in [-0.25, -0.2) is 9.48 Å². The summed E-state index contributed by atoms with van der Waals surface area (Å²) in [5.41, 5.74) is 4.50. The lowest BCUT2D eigenvalue weighted by Crippen LogP contribution is -2.52. The van der Waals surface area contributed by atoms with Gasteiger partial charge in [-0.2, -0.15) is 5.10 Å². The first kappa shape index (κ1) is 17.7. The van der Waals surface area contributed by atoms with Crippen LogP contribution < -0.4 is 0 Å². The van der Waals surface area contributed by atoms with Gasteiger partial charge < -0.3 is 14.7 Å². The molecule has 27 heavy (non-hydrogen) atoms. The van der Waals surface area contributed by atoms with E-state index >= 15 is 0 Å². The molecule has 0 spiro atoms. The number of carboxylic acids is 1. The Morgan fingerprint density at radius 3 is 2.67 bits per heavy atom. The molecule has 2 heterocycles. The summed E-state index contributed by atoms with van der Waals surface area (Å²) >= 11 is 0. The Labute approximate surface area is 157 Å². The van der Waals surface area contributed by atoms with Gasteiger partial charge in [0.05, 0.1) is 18.9 Å². The van der Waals surface area contributed by atoms with Crippen molar-refractivity contribution in [1.82, 2.24) is 14.7 Å². The maximum atomic E-state index is 13.2. The summed E-state index contributed by atoms with van der Waals surface area (Å²) in [5, 5.41) is 14.1. The van der Waals surface area contributed by atoms with Crippen LogP contribution in [0.4, 0.5) is 0 Å². The maximum Gasteiger partial charge on any atom is 0.328 e. The van der Waals surface area contributed by atoms with Crippen molar-refractivity contribution >= 4 is 11.9 Å². The van der Waals surface area contributed by atoms with E-state index in [0.717, 1.165) is 48.2 Å². The number of aliphatic carboxylic acids is 1. The van der Waals surface area contributed by atoms with Crippen LogP contribution in [0.2, 0.25) is 0 Å². The van der Waals surface area contributed by atoms with Gasteiger partial charge in [0.25, 0.3) is 5.91 Å². The highest BCUT2D eigenvalue weighted by Gasteiger charge is 2.36. The van der Waals surface area contributed by atoms with Crippen LogP contribution in [0.25, 0.3) is 5.69 Å². The summed E-state index contributed by atoms with van der Waals surface area (Å²) in [5.74, 6) is -1.36. The monoisotopic (exact) mass is 369 g/mol. The fourth-order valence-corrected chi connectivity index (χ4v) is 3.86. The molecular formula is C20H23N3O4. The molecule has 1 aromatic carbocycles. The number of nitrogens with zero attached hydrogens (tertiary/aromatic N) is 3. The van der Waals surface area contributed by atoms with Gasteiger partial charge >= 0.3 is 5.97 Å². The van der Waals surface area contributed by atoms with Gasteiger partial charge in [-0.3, -0.25) is 4.79 Å². The number of fused-ring (bicyclic) bond motifs is 1. The highest BCUT2D eigenvalue weighted by atomic mass is 16.5. The first-order valence-electron chi connectivity index (χ1n) is 9.35. The quantitative estimate of drug-likeness (QED) is 0.894. The number of amides is 1. The van der Waals surface area contributed by atoms with Gasteiger partial charge in [0.1, 0.15) is 0 Å². The third kappa shape index (κ3) is 3.23. The summed E-state index contributed by atoms with van der Waals surface area (Å²) in [4.78, 5) is 26.2. The molecule has 1 N–H and O–H groups in total. The van der Waals surface area contributed by atoms with Crippen LogP contribution in [0.3, 0.4) is 0 Å². The van der Waals surface area contributed by atoms with Crippen molar-refractivity contribution in [3.8, 4) is 5.69 Å². The van der Waals surface area contributed by atoms with Crippen LogP contribution in [0, 0.1) is 6.92 Å².